The van der Waals surface area contributed by atoms with Crippen molar-refractivity contribution in [3.05, 3.63) is 105 Å². The topological polar surface area (TPSA) is 120 Å². The number of aromatic nitrogens is 2. The summed E-state index contributed by atoms with van der Waals surface area (Å²) < 4.78 is 100. The van der Waals surface area contributed by atoms with Crippen LogP contribution in [-0.4, -0.2) is 52.4 Å². The van der Waals surface area contributed by atoms with Crippen LogP contribution in [0, 0.1) is 0 Å². The van der Waals surface area contributed by atoms with E-state index in [2.05, 4.69) is 9.97 Å². The lowest BCUT2D eigenvalue weighted by atomic mass is 10.1. The fourth-order valence-electron chi connectivity index (χ4n) is 4.00. The Hall–Kier alpha value is -3.99. The minimum absolute atomic E-state index is 0.125. The van der Waals surface area contributed by atoms with Gasteiger partial charge in [-0.2, -0.15) is 26.3 Å². The Morgan fingerprint density at radius 2 is 1.14 bits per heavy atom. The van der Waals surface area contributed by atoms with Gasteiger partial charge in [0.2, 0.25) is 11.8 Å². The van der Waals surface area contributed by atoms with Gasteiger partial charge in [0, 0.05) is 33.3 Å². The molecule has 1 aliphatic heterocycles. The summed E-state index contributed by atoms with van der Waals surface area (Å²) in [6, 6.07) is 17.1. The number of hydrogen-bond acceptors (Lipinski definition) is 9. The second kappa shape index (κ2) is 17.1. The van der Waals surface area contributed by atoms with Crippen molar-refractivity contribution < 1.29 is 60.3 Å². The summed E-state index contributed by atoms with van der Waals surface area (Å²) in [5, 5.41) is 16.2. The third kappa shape index (κ3) is 11.5. The molecule has 0 unspecified atom stereocenters. The molecule has 1 fully saturated rings. The van der Waals surface area contributed by atoms with Gasteiger partial charge in [-0.3, -0.25) is 4.79 Å². The van der Waals surface area contributed by atoms with E-state index >= 15 is 0 Å². The van der Waals surface area contributed by atoms with Gasteiger partial charge in [0.15, 0.2) is 23.0 Å². The van der Waals surface area contributed by atoms with Gasteiger partial charge in [-0.1, -0.05) is 23.2 Å². The van der Waals surface area contributed by atoms with Crippen LogP contribution < -0.4 is 9.47 Å². The molecule has 1 aliphatic rings. The van der Waals surface area contributed by atoms with Crippen molar-refractivity contribution in [2.75, 3.05) is 26.4 Å². The van der Waals surface area contributed by atoms with Crippen LogP contribution in [0.5, 0.6) is 23.3 Å². The summed E-state index contributed by atoms with van der Waals surface area (Å²) in [5.74, 6) is -2.02. The van der Waals surface area contributed by atoms with Crippen LogP contribution >= 0.6 is 23.2 Å². The van der Waals surface area contributed by atoms with Crippen molar-refractivity contribution in [3.8, 4) is 23.3 Å². The highest BCUT2D eigenvalue weighted by molar-refractivity contribution is 6.30. The molecule has 0 bridgehead atoms. The maximum atomic E-state index is 13.4. The molecule has 0 saturated carbocycles. The first-order valence-electron chi connectivity index (χ1n) is 14.0. The molecule has 2 aromatic heterocycles. The fourth-order valence-corrected chi connectivity index (χ4v) is 4.25. The van der Waals surface area contributed by atoms with Gasteiger partial charge in [0.25, 0.3) is 0 Å². The molecule has 1 saturated heterocycles. The number of alkyl halides is 6. The Morgan fingerprint density at radius 3 is 1.53 bits per heavy atom. The highest BCUT2D eigenvalue weighted by Gasteiger charge is 2.44. The Balaban J connectivity index is 0.000000241. The second-order valence-corrected chi connectivity index (χ2v) is 10.7. The van der Waals surface area contributed by atoms with Crippen molar-refractivity contribution in [3.63, 3.8) is 0 Å². The maximum absolute atomic E-state index is 13.4. The molecule has 0 spiro atoms. The lowest BCUT2D eigenvalue weighted by Crippen LogP contribution is -2.27. The first-order valence-corrected chi connectivity index (χ1v) is 14.8. The minimum Gasteiger partial charge on any atom is -0.439 e. The normalized spacial score (nSPS) is 13.8. The number of ketones is 1. The van der Waals surface area contributed by atoms with Crippen LogP contribution in [0.15, 0.2) is 72.8 Å². The molecule has 2 N–H and O–H groups in total. The Morgan fingerprint density at radius 1 is 0.735 bits per heavy atom. The van der Waals surface area contributed by atoms with E-state index in [9.17, 15) is 31.1 Å². The lowest BCUT2D eigenvalue weighted by molar-refractivity contribution is -0.169. The standard InChI is InChI=1S/C16H13ClF3NO3.C14H9ClF3NO2.C2H6O2/c1-15(22-8-9-23-15)12-6-7-13(21-14(12)16(18,19)20)24-11-4-2-10(17)3-5-11;1-8(20)11-6-7-12(19-13(11)14(16,17)18)21-10-4-2-9(15)3-5-10;3-1-2-4/h2-7H,8-9H2,1H3;2-7H,1H3;3-4H,1-2H2. The van der Waals surface area contributed by atoms with Crippen molar-refractivity contribution in [2.24, 2.45) is 0 Å². The van der Waals surface area contributed by atoms with Gasteiger partial charge in [0.05, 0.1) is 26.4 Å². The number of halogens is 8. The lowest BCUT2D eigenvalue weighted by Gasteiger charge is -2.25. The Labute approximate surface area is 286 Å². The van der Waals surface area contributed by atoms with E-state index in [0.29, 0.717) is 15.8 Å². The quantitative estimate of drug-likeness (QED) is 0.142. The molecule has 0 radical (unpaired) electrons. The number of carbonyl (C=O) groups is 1. The minimum atomic E-state index is -4.74. The van der Waals surface area contributed by atoms with Crippen molar-refractivity contribution >= 4 is 29.0 Å². The van der Waals surface area contributed by atoms with Crippen LogP contribution in [-0.2, 0) is 27.6 Å². The number of aliphatic hydroxyl groups is 2. The van der Waals surface area contributed by atoms with Crippen molar-refractivity contribution in [1.82, 2.24) is 9.97 Å². The summed E-state index contributed by atoms with van der Waals surface area (Å²) in [7, 11) is 0. The summed E-state index contributed by atoms with van der Waals surface area (Å²) in [5.41, 5.74) is -3.04. The average molecular weight is 737 g/mol. The van der Waals surface area contributed by atoms with Crippen LogP contribution in [0.25, 0.3) is 0 Å². The number of carbonyl (C=O) groups excluding carboxylic acids is 1. The summed E-state index contributed by atoms with van der Waals surface area (Å²) in [4.78, 5) is 18.2. The predicted molar refractivity (Wildman–Crippen MR) is 165 cm³/mol. The monoisotopic (exact) mass is 736 g/mol. The van der Waals surface area contributed by atoms with Crippen LogP contribution in [0.4, 0.5) is 26.3 Å². The largest absolute Gasteiger partial charge is 0.439 e. The summed E-state index contributed by atoms with van der Waals surface area (Å²) in [6.45, 7) is 2.67. The first-order chi connectivity index (χ1) is 23.0. The van der Waals surface area contributed by atoms with Gasteiger partial charge < -0.3 is 29.2 Å². The number of ether oxygens (including phenoxy) is 4. The molecule has 5 rings (SSSR count). The van der Waals surface area contributed by atoms with Gasteiger partial charge >= 0.3 is 12.4 Å². The van der Waals surface area contributed by atoms with E-state index in [1.54, 1.807) is 12.1 Å². The van der Waals surface area contributed by atoms with E-state index in [4.69, 9.17) is 52.4 Å². The van der Waals surface area contributed by atoms with Gasteiger partial charge in [0.1, 0.15) is 11.5 Å². The highest BCUT2D eigenvalue weighted by atomic mass is 35.5. The number of Topliss-reactive ketones (excluding diaryl/α,β-unsaturated/α-hetero) is 1. The smallest absolute Gasteiger partial charge is 0.434 e. The molecule has 3 heterocycles. The van der Waals surface area contributed by atoms with Crippen molar-refractivity contribution in [2.45, 2.75) is 32.0 Å². The van der Waals surface area contributed by atoms with Crippen molar-refractivity contribution in [1.29, 1.82) is 0 Å². The average Bonchev–Trinajstić information content (AvgIpc) is 3.50. The summed E-state index contributed by atoms with van der Waals surface area (Å²) >= 11 is 11.5. The van der Waals surface area contributed by atoms with E-state index in [1.807, 2.05) is 0 Å². The summed E-state index contributed by atoms with van der Waals surface area (Å²) in [6.07, 6.45) is -9.41. The number of hydrogen-bond donors (Lipinski definition) is 2. The first kappa shape index (κ1) is 39.4. The molecule has 49 heavy (non-hydrogen) atoms. The number of rotatable bonds is 7. The Kier molecular flexibility index (Phi) is 13.8. The molecule has 4 aromatic rings. The zero-order valence-electron chi connectivity index (χ0n) is 25.6. The fraction of sp³-hybridized carbons (Fsp3) is 0.281. The molecule has 17 heteroatoms. The zero-order chi connectivity index (χ0) is 36.4. The second-order valence-electron chi connectivity index (χ2n) is 9.84. The van der Waals surface area contributed by atoms with Crippen LogP contribution in [0.2, 0.25) is 10.0 Å². The SMILES string of the molecule is CC(=O)c1ccc(Oc2ccc(Cl)cc2)nc1C(F)(F)F.CC1(c2ccc(Oc3ccc(Cl)cc3)nc2C(F)(F)F)OCCO1.OCCO. The number of aliphatic hydroxyl groups excluding tert-OH is 2. The predicted octanol–water partition coefficient (Wildman–Crippen LogP) is 8.49. The third-order valence-electron chi connectivity index (χ3n) is 6.16. The zero-order valence-corrected chi connectivity index (χ0v) is 27.1. The number of nitrogens with zero attached hydrogens (tertiary/aromatic N) is 2. The third-order valence-corrected chi connectivity index (χ3v) is 6.66. The highest BCUT2D eigenvalue weighted by Crippen LogP contribution is 2.41. The molecular weight excluding hydrogens is 709 g/mol. The van der Waals surface area contributed by atoms with Gasteiger partial charge in [-0.25, -0.2) is 9.97 Å². The van der Waals surface area contributed by atoms with E-state index < -0.39 is 40.9 Å². The van der Waals surface area contributed by atoms with E-state index in [0.717, 1.165) is 13.0 Å². The maximum Gasteiger partial charge on any atom is 0.434 e. The molecular formula is C32H28Cl2F6N2O7. The Bertz CT molecular complexity index is 1680. The molecule has 2 aromatic carbocycles. The molecule has 264 valence electrons. The molecule has 0 atom stereocenters. The van der Waals surface area contributed by atoms with Gasteiger partial charge in [-0.05, 0) is 74.5 Å². The van der Waals surface area contributed by atoms with Gasteiger partial charge in [-0.15, -0.1) is 0 Å². The molecule has 0 amide bonds. The number of pyridine rings is 2. The van der Waals surface area contributed by atoms with E-state index in [-0.39, 0.29) is 49.5 Å². The molecule has 9 nitrogen and oxygen atoms in total. The van der Waals surface area contributed by atoms with Crippen LogP contribution in [0.1, 0.15) is 41.2 Å². The molecule has 0 aliphatic carbocycles. The van der Waals surface area contributed by atoms with E-state index in [1.165, 1.54) is 61.5 Å². The number of benzene rings is 2. The van der Waals surface area contributed by atoms with Crippen LogP contribution in [0.3, 0.4) is 0 Å².